The third-order valence-electron chi connectivity index (χ3n) is 3.54. The van der Waals surface area contributed by atoms with E-state index in [9.17, 15) is 22.8 Å². The Balaban J connectivity index is 2.13. The average molecular weight is 292 g/mol. The highest BCUT2D eigenvalue weighted by Gasteiger charge is 2.53. The summed E-state index contributed by atoms with van der Waals surface area (Å²) in [7, 11) is 0. The number of nitrogens with zero attached hydrogens (tertiary/aromatic N) is 1. The summed E-state index contributed by atoms with van der Waals surface area (Å²) in [6.07, 6.45) is -1.58. The average Bonchev–Trinajstić information content (AvgIpc) is 2.84. The Bertz CT molecular complexity index is 448. The number of ether oxygens (including phenoxy) is 1. The zero-order chi connectivity index (χ0) is 14.9. The highest BCUT2D eigenvalue weighted by molar-refractivity contribution is 5.92. The van der Waals surface area contributed by atoms with E-state index in [0.29, 0.717) is 13.0 Å². The Morgan fingerprint density at radius 1 is 1.35 bits per heavy atom. The first-order valence-electron chi connectivity index (χ1n) is 6.29. The van der Waals surface area contributed by atoms with E-state index < -0.39 is 36.4 Å². The van der Waals surface area contributed by atoms with E-state index in [1.54, 1.807) is 6.08 Å². The minimum Gasteiger partial charge on any atom is -0.488 e. The maximum absolute atomic E-state index is 12.9. The highest BCUT2D eigenvalue weighted by atomic mass is 19.4. The molecule has 5 nitrogen and oxygen atoms in total. The summed E-state index contributed by atoms with van der Waals surface area (Å²) in [5.41, 5.74) is 5.00. The van der Waals surface area contributed by atoms with E-state index in [1.165, 1.54) is 0 Å². The van der Waals surface area contributed by atoms with Crippen molar-refractivity contribution < 1.29 is 27.5 Å². The molecule has 0 unspecified atom stereocenters. The van der Waals surface area contributed by atoms with Gasteiger partial charge in [0.1, 0.15) is 0 Å². The number of primary amides is 1. The van der Waals surface area contributed by atoms with Gasteiger partial charge in [-0.2, -0.15) is 13.2 Å². The third kappa shape index (κ3) is 2.88. The van der Waals surface area contributed by atoms with Crippen molar-refractivity contribution >= 4 is 11.8 Å². The molecule has 1 saturated heterocycles. The van der Waals surface area contributed by atoms with Crippen LogP contribution in [0.1, 0.15) is 12.8 Å². The van der Waals surface area contributed by atoms with Gasteiger partial charge in [0.2, 0.25) is 5.91 Å². The van der Waals surface area contributed by atoms with Crippen molar-refractivity contribution in [2.75, 3.05) is 19.7 Å². The fourth-order valence-corrected chi connectivity index (χ4v) is 2.45. The number of likely N-dealkylation sites (tertiary alicyclic amines) is 1. The molecule has 0 aliphatic carbocycles. The quantitative estimate of drug-likeness (QED) is 0.818. The molecule has 0 saturated carbocycles. The largest absolute Gasteiger partial charge is 0.488 e. The SMILES string of the molecule is NC(=O)[C@@H]1CN(C(=O)C2=CCCCO2)C[C@H]1C(F)(F)F. The Morgan fingerprint density at radius 3 is 2.50 bits per heavy atom. The van der Waals surface area contributed by atoms with Crippen molar-refractivity contribution in [3.8, 4) is 0 Å². The molecule has 0 radical (unpaired) electrons. The summed E-state index contributed by atoms with van der Waals surface area (Å²) >= 11 is 0. The lowest BCUT2D eigenvalue weighted by molar-refractivity contribution is -0.182. The van der Waals surface area contributed by atoms with Crippen LogP contribution in [0.25, 0.3) is 0 Å². The first-order chi connectivity index (χ1) is 9.30. The molecular formula is C12H15F3N2O3. The summed E-state index contributed by atoms with van der Waals surface area (Å²) < 4.78 is 43.7. The molecule has 0 aromatic rings. The van der Waals surface area contributed by atoms with Crippen LogP contribution in [-0.4, -0.2) is 42.6 Å². The lowest BCUT2D eigenvalue weighted by Crippen LogP contribution is -2.37. The molecule has 0 aromatic carbocycles. The van der Waals surface area contributed by atoms with Crippen LogP contribution in [0.5, 0.6) is 0 Å². The molecule has 2 aliphatic heterocycles. The monoisotopic (exact) mass is 292 g/mol. The Hall–Kier alpha value is -1.73. The van der Waals surface area contributed by atoms with Crippen LogP contribution in [0.4, 0.5) is 13.2 Å². The molecule has 2 amide bonds. The van der Waals surface area contributed by atoms with Crippen LogP contribution in [0.3, 0.4) is 0 Å². The van der Waals surface area contributed by atoms with Gasteiger partial charge in [-0.05, 0) is 18.9 Å². The molecule has 2 heterocycles. The zero-order valence-corrected chi connectivity index (χ0v) is 10.7. The summed E-state index contributed by atoms with van der Waals surface area (Å²) in [6.45, 7) is -0.511. The molecule has 0 spiro atoms. The van der Waals surface area contributed by atoms with Crippen molar-refractivity contribution in [3.63, 3.8) is 0 Å². The highest BCUT2D eigenvalue weighted by Crippen LogP contribution is 2.38. The Morgan fingerprint density at radius 2 is 2.05 bits per heavy atom. The van der Waals surface area contributed by atoms with Gasteiger partial charge in [0.25, 0.3) is 5.91 Å². The summed E-state index contributed by atoms with van der Waals surface area (Å²) in [5.74, 6) is -4.90. The van der Waals surface area contributed by atoms with E-state index in [2.05, 4.69) is 0 Å². The van der Waals surface area contributed by atoms with Gasteiger partial charge in [-0.15, -0.1) is 0 Å². The van der Waals surface area contributed by atoms with E-state index >= 15 is 0 Å². The number of allylic oxidation sites excluding steroid dienone is 1. The van der Waals surface area contributed by atoms with Gasteiger partial charge in [0.05, 0.1) is 18.4 Å². The minimum atomic E-state index is -4.56. The van der Waals surface area contributed by atoms with Crippen molar-refractivity contribution in [3.05, 3.63) is 11.8 Å². The number of halogens is 3. The number of rotatable bonds is 2. The minimum absolute atomic E-state index is 0.0577. The molecule has 2 atom stereocenters. The molecule has 2 N–H and O–H groups in total. The second-order valence-corrected chi connectivity index (χ2v) is 4.93. The Labute approximate surface area is 113 Å². The van der Waals surface area contributed by atoms with Crippen LogP contribution in [0.15, 0.2) is 11.8 Å². The molecule has 0 bridgehead atoms. The van der Waals surface area contributed by atoms with Crippen LogP contribution in [0.2, 0.25) is 0 Å². The topological polar surface area (TPSA) is 72.6 Å². The summed E-state index contributed by atoms with van der Waals surface area (Å²) in [5, 5.41) is 0. The third-order valence-corrected chi connectivity index (χ3v) is 3.54. The maximum atomic E-state index is 12.9. The van der Waals surface area contributed by atoms with Crippen LogP contribution in [-0.2, 0) is 14.3 Å². The van der Waals surface area contributed by atoms with Gasteiger partial charge in [-0.25, -0.2) is 0 Å². The number of carbonyl (C=O) groups is 2. The van der Waals surface area contributed by atoms with E-state index in [-0.39, 0.29) is 12.3 Å². The first kappa shape index (κ1) is 14.7. The maximum Gasteiger partial charge on any atom is 0.394 e. The van der Waals surface area contributed by atoms with Gasteiger partial charge < -0.3 is 15.4 Å². The van der Waals surface area contributed by atoms with Crippen molar-refractivity contribution in [2.45, 2.75) is 19.0 Å². The zero-order valence-electron chi connectivity index (χ0n) is 10.7. The van der Waals surface area contributed by atoms with Gasteiger partial charge in [-0.3, -0.25) is 9.59 Å². The molecule has 2 aliphatic rings. The number of alkyl halides is 3. The number of nitrogens with two attached hydrogens (primary N) is 1. The predicted molar refractivity (Wildman–Crippen MR) is 62.1 cm³/mol. The van der Waals surface area contributed by atoms with Crippen molar-refractivity contribution in [1.82, 2.24) is 4.90 Å². The molecule has 1 fully saturated rings. The lowest BCUT2D eigenvalue weighted by atomic mass is 9.95. The van der Waals surface area contributed by atoms with E-state index in [0.717, 1.165) is 11.3 Å². The predicted octanol–water partition coefficient (Wildman–Crippen LogP) is 0.803. The standard InChI is InChI=1S/C12H15F3N2O3/c13-12(14,15)8-6-17(5-7(8)10(16)18)11(19)9-3-1-2-4-20-9/h3,7-8H,1-2,4-6H2,(H2,16,18)/t7-,8-/m1/s1. The molecule has 2 rings (SSSR count). The van der Waals surface area contributed by atoms with E-state index in [4.69, 9.17) is 10.5 Å². The van der Waals surface area contributed by atoms with Gasteiger partial charge >= 0.3 is 6.18 Å². The number of hydrogen-bond acceptors (Lipinski definition) is 3. The second-order valence-electron chi connectivity index (χ2n) is 4.93. The van der Waals surface area contributed by atoms with Gasteiger partial charge in [0.15, 0.2) is 5.76 Å². The lowest BCUT2D eigenvalue weighted by Gasteiger charge is -2.21. The molecule has 20 heavy (non-hydrogen) atoms. The summed E-state index contributed by atoms with van der Waals surface area (Å²) in [6, 6.07) is 0. The second kappa shape index (κ2) is 5.34. The van der Waals surface area contributed by atoms with E-state index in [1.807, 2.05) is 0 Å². The summed E-state index contributed by atoms with van der Waals surface area (Å²) in [4.78, 5) is 24.2. The number of carbonyl (C=O) groups excluding carboxylic acids is 2. The molecular weight excluding hydrogens is 277 g/mol. The number of hydrogen-bond donors (Lipinski definition) is 1. The number of amides is 2. The molecule has 112 valence electrons. The van der Waals surface area contributed by atoms with Gasteiger partial charge in [0, 0.05) is 13.1 Å². The van der Waals surface area contributed by atoms with Crippen molar-refractivity contribution in [2.24, 2.45) is 17.6 Å². The van der Waals surface area contributed by atoms with Crippen LogP contribution >= 0.6 is 0 Å². The smallest absolute Gasteiger partial charge is 0.394 e. The Kier molecular flexibility index (Phi) is 3.92. The molecule has 0 aromatic heterocycles. The first-order valence-corrected chi connectivity index (χ1v) is 6.29. The van der Waals surface area contributed by atoms with Crippen LogP contribution < -0.4 is 5.73 Å². The fourth-order valence-electron chi connectivity index (χ4n) is 2.45. The van der Waals surface area contributed by atoms with Crippen LogP contribution in [0, 0.1) is 11.8 Å². The van der Waals surface area contributed by atoms with Gasteiger partial charge in [-0.1, -0.05) is 0 Å². The normalized spacial score (nSPS) is 26.9. The van der Waals surface area contributed by atoms with Crippen molar-refractivity contribution in [1.29, 1.82) is 0 Å². The molecule has 8 heteroatoms. The fraction of sp³-hybridized carbons (Fsp3) is 0.667.